The van der Waals surface area contributed by atoms with Crippen LogP contribution in [0.25, 0.3) is 0 Å². The summed E-state index contributed by atoms with van der Waals surface area (Å²) in [6.45, 7) is 4.94. The van der Waals surface area contributed by atoms with Gasteiger partial charge >= 0.3 is 0 Å². The Morgan fingerprint density at radius 3 is 3.00 bits per heavy atom. The minimum Gasteiger partial charge on any atom is -0.380 e. The fraction of sp³-hybridized carbons (Fsp3) is 0.900. The molecule has 82 valence electrons. The van der Waals surface area contributed by atoms with E-state index in [1.54, 1.807) is 0 Å². The van der Waals surface area contributed by atoms with E-state index in [1.165, 1.54) is 0 Å². The van der Waals surface area contributed by atoms with E-state index < -0.39 is 0 Å². The highest BCUT2D eigenvalue weighted by molar-refractivity contribution is 5.76. The van der Waals surface area contributed by atoms with Gasteiger partial charge in [0, 0.05) is 32.2 Å². The summed E-state index contributed by atoms with van der Waals surface area (Å²) in [5.74, 6) is 0.216. The maximum absolute atomic E-state index is 11.7. The third-order valence-corrected chi connectivity index (χ3v) is 2.39. The normalized spacial score (nSPS) is 20.3. The van der Waals surface area contributed by atoms with Crippen LogP contribution in [0.2, 0.25) is 0 Å². The maximum atomic E-state index is 11.7. The molecule has 0 spiro atoms. The quantitative estimate of drug-likeness (QED) is 0.715. The van der Waals surface area contributed by atoms with E-state index in [2.05, 4.69) is 0 Å². The molecule has 1 aliphatic rings. The Kier molecular flexibility index (Phi) is 4.90. The molecule has 0 bridgehead atoms. The molecule has 0 aromatic rings. The molecule has 1 saturated heterocycles. The van der Waals surface area contributed by atoms with E-state index in [-0.39, 0.29) is 11.9 Å². The molecule has 0 saturated carbocycles. The Morgan fingerprint density at radius 2 is 2.29 bits per heavy atom. The zero-order valence-electron chi connectivity index (χ0n) is 8.87. The highest BCUT2D eigenvalue weighted by Crippen LogP contribution is 2.04. The number of nitrogens with two attached hydrogens (primary N) is 1. The van der Waals surface area contributed by atoms with Gasteiger partial charge in [-0.3, -0.25) is 4.79 Å². The van der Waals surface area contributed by atoms with Crippen LogP contribution in [0.15, 0.2) is 0 Å². The average Bonchev–Trinajstić information content (AvgIpc) is 2.42. The van der Waals surface area contributed by atoms with Crippen molar-refractivity contribution in [2.24, 2.45) is 5.73 Å². The number of ether oxygens (including phenoxy) is 1. The molecule has 0 aromatic carbocycles. The lowest BCUT2D eigenvalue weighted by Crippen LogP contribution is -2.34. The summed E-state index contributed by atoms with van der Waals surface area (Å²) in [6.07, 6.45) is 2.29. The molecule has 4 heteroatoms. The van der Waals surface area contributed by atoms with Crippen molar-refractivity contribution in [1.82, 2.24) is 4.90 Å². The van der Waals surface area contributed by atoms with Crippen LogP contribution in [0.1, 0.15) is 26.2 Å². The summed E-state index contributed by atoms with van der Waals surface area (Å²) in [7, 11) is 0. The Morgan fingerprint density at radius 1 is 1.50 bits per heavy atom. The van der Waals surface area contributed by atoms with Crippen molar-refractivity contribution in [3.63, 3.8) is 0 Å². The van der Waals surface area contributed by atoms with Gasteiger partial charge in [0.15, 0.2) is 0 Å². The third-order valence-electron chi connectivity index (χ3n) is 2.39. The van der Waals surface area contributed by atoms with Crippen molar-refractivity contribution in [1.29, 1.82) is 0 Å². The van der Waals surface area contributed by atoms with E-state index in [0.717, 1.165) is 32.5 Å². The van der Waals surface area contributed by atoms with Gasteiger partial charge in [-0.25, -0.2) is 0 Å². The average molecular weight is 200 g/mol. The summed E-state index contributed by atoms with van der Waals surface area (Å²) in [5.41, 5.74) is 5.61. The first kappa shape index (κ1) is 11.5. The van der Waals surface area contributed by atoms with Crippen molar-refractivity contribution in [2.45, 2.75) is 32.2 Å². The van der Waals surface area contributed by atoms with Crippen molar-refractivity contribution < 1.29 is 9.53 Å². The molecule has 0 radical (unpaired) electrons. The molecule has 1 heterocycles. The second-order valence-corrected chi connectivity index (χ2v) is 3.86. The van der Waals surface area contributed by atoms with Crippen LogP contribution in [0.3, 0.4) is 0 Å². The molecular formula is C10H20N2O2. The van der Waals surface area contributed by atoms with Gasteiger partial charge in [0.05, 0.1) is 6.61 Å². The van der Waals surface area contributed by atoms with E-state index in [0.29, 0.717) is 13.0 Å². The second-order valence-electron chi connectivity index (χ2n) is 3.86. The molecule has 1 rings (SSSR count). The molecule has 0 aliphatic carbocycles. The second kappa shape index (κ2) is 5.98. The van der Waals surface area contributed by atoms with Crippen LogP contribution >= 0.6 is 0 Å². The first-order valence-electron chi connectivity index (χ1n) is 5.31. The Labute approximate surface area is 85.4 Å². The summed E-state index contributed by atoms with van der Waals surface area (Å²) >= 11 is 0. The van der Waals surface area contributed by atoms with Crippen molar-refractivity contribution >= 4 is 5.91 Å². The summed E-state index contributed by atoms with van der Waals surface area (Å²) in [6, 6.07) is 0.113. The lowest BCUT2D eigenvalue weighted by Gasteiger charge is -2.19. The Balaban J connectivity index is 2.27. The molecule has 1 aliphatic heterocycles. The molecular weight excluding hydrogens is 180 g/mol. The lowest BCUT2D eigenvalue weighted by atomic mass is 10.2. The molecule has 1 fully saturated rings. The topological polar surface area (TPSA) is 55.6 Å². The Bertz CT molecular complexity index is 175. The minimum atomic E-state index is 0.113. The van der Waals surface area contributed by atoms with Gasteiger partial charge in [-0.15, -0.1) is 0 Å². The molecule has 1 amide bonds. The van der Waals surface area contributed by atoms with Crippen LogP contribution in [0.5, 0.6) is 0 Å². The molecule has 2 N–H and O–H groups in total. The lowest BCUT2D eigenvalue weighted by molar-refractivity contribution is -0.131. The van der Waals surface area contributed by atoms with Crippen molar-refractivity contribution in [3.8, 4) is 0 Å². The number of nitrogens with zero attached hydrogens (tertiary/aromatic N) is 1. The molecule has 1 atom stereocenters. The van der Waals surface area contributed by atoms with Gasteiger partial charge < -0.3 is 15.4 Å². The van der Waals surface area contributed by atoms with E-state index in [1.807, 2.05) is 11.8 Å². The van der Waals surface area contributed by atoms with Gasteiger partial charge in [-0.2, -0.15) is 0 Å². The van der Waals surface area contributed by atoms with E-state index in [4.69, 9.17) is 10.5 Å². The molecule has 0 aromatic heterocycles. The van der Waals surface area contributed by atoms with Gasteiger partial charge in [0.1, 0.15) is 0 Å². The predicted molar refractivity (Wildman–Crippen MR) is 54.9 cm³/mol. The van der Waals surface area contributed by atoms with Crippen LogP contribution < -0.4 is 5.73 Å². The van der Waals surface area contributed by atoms with E-state index >= 15 is 0 Å². The molecule has 4 nitrogen and oxygen atoms in total. The van der Waals surface area contributed by atoms with Crippen LogP contribution in [0, 0.1) is 0 Å². The first-order valence-corrected chi connectivity index (χ1v) is 5.31. The summed E-state index contributed by atoms with van der Waals surface area (Å²) in [4.78, 5) is 13.6. The monoisotopic (exact) mass is 200 g/mol. The standard InChI is InChI=1S/C10H20N2O2/c1-9(11)3-4-10(13)12-5-2-7-14-8-6-12/h9H,2-8,11H2,1H3. The van der Waals surface area contributed by atoms with Crippen LogP contribution in [-0.2, 0) is 9.53 Å². The highest BCUT2D eigenvalue weighted by Gasteiger charge is 2.15. The largest absolute Gasteiger partial charge is 0.380 e. The van der Waals surface area contributed by atoms with E-state index in [9.17, 15) is 4.79 Å². The number of carbonyl (C=O) groups is 1. The molecule has 14 heavy (non-hydrogen) atoms. The number of hydrogen-bond donors (Lipinski definition) is 1. The predicted octanol–water partition coefficient (Wildman–Crippen LogP) is 0.363. The Hall–Kier alpha value is -0.610. The van der Waals surface area contributed by atoms with Crippen molar-refractivity contribution in [2.75, 3.05) is 26.3 Å². The fourth-order valence-electron chi connectivity index (χ4n) is 1.50. The zero-order valence-corrected chi connectivity index (χ0v) is 8.87. The number of carbonyl (C=O) groups excluding carboxylic acids is 1. The first-order chi connectivity index (χ1) is 6.70. The third kappa shape index (κ3) is 4.07. The zero-order chi connectivity index (χ0) is 10.4. The van der Waals surface area contributed by atoms with Crippen LogP contribution in [-0.4, -0.2) is 43.2 Å². The fourth-order valence-corrected chi connectivity index (χ4v) is 1.50. The number of rotatable bonds is 3. The molecule has 1 unspecified atom stereocenters. The highest BCUT2D eigenvalue weighted by atomic mass is 16.5. The van der Waals surface area contributed by atoms with Crippen LogP contribution in [0.4, 0.5) is 0 Å². The summed E-state index contributed by atoms with van der Waals surface area (Å²) in [5, 5.41) is 0. The number of amides is 1. The minimum absolute atomic E-state index is 0.113. The number of hydrogen-bond acceptors (Lipinski definition) is 3. The maximum Gasteiger partial charge on any atom is 0.222 e. The SMILES string of the molecule is CC(N)CCC(=O)N1CCCOCC1. The smallest absolute Gasteiger partial charge is 0.222 e. The summed E-state index contributed by atoms with van der Waals surface area (Å²) < 4.78 is 5.28. The van der Waals surface area contributed by atoms with Gasteiger partial charge in [0.25, 0.3) is 0 Å². The van der Waals surface area contributed by atoms with Crippen molar-refractivity contribution in [3.05, 3.63) is 0 Å². The van der Waals surface area contributed by atoms with Gasteiger partial charge in [-0.05, 0) is 19.8 Å². The van der Waals surface area contributed by atoms with Gasteiger partial charge in [0.2, 0.25) is 5.91 Å². The van der Waals surface area contributed by atoms with Gasteiger partial charge in [-0.1, -0.05) is 0 Å².